The van der Waals surface area contributed by atoms with Gasteiger partial charge in [0.2, 0.25) is 0 Å². The Morgan fingerprint density at radius 3 is 1.50 bits per heavy atom. The molecule has 2 aromatic carbocycles. The molecule has 8 heteroatoms. The van der Waals surface area contributed by atoms with Crippen molar-refractivity contribution in [3.63, 3.8) is 0 Å². The Hall–Kier alpha value is -1.22. The summed E-state index contributed by atoms with van der Waals surface area (Å²) in [5.41, 5.74) is 1.52. The lowest BCUT2D eigenvalue weighted by atomic mass is 10.3. The van der Waals surface area contributed by atoms with Crippen LogP contribution in [0.3, 0.4) is 0 Å². The largest absolute Gasteiger partial charge is 0.316 e. The number of hydrogen-bond donors (Lipinski definition) is 4. The van der Waals surface area contributed by atoms with E-state index in [2.05, 4.69) is 35.9 Å². The Morgan fingerprint density at radius 1 is 0.750 bits per heavy atom. The van der Waals surface area contributed by atoms with Crippen LogP contribution in [0.2, 0.25) is 0 Å². The molecule has 0 bridgehead atoms. The molecule has 24 heavy (non-hydrogen) atoms. The monoisotopic (exact) mass is 396 g/mol. The van der Waals surface area contributed by atoms with Gasteiger partial charge in [-0.15, -0.1) is 23.5 Å². The summed E-state index contributed by atoms with van der Waals surface area (Å²) in [5.74, 6) is 1.71. The first-order valence-corrected chi connectivity index (χ1v) is 9.86. The fourth-order valence-corrected chi connectivity index (χ4v) is 4.17. The van der Waals surface area contributed by atoms with Crippen molar-refractivity contribution >= 4 is 70.6 Å². The molecule has 2 aromatic rings. The number of carbonyl (C=O) groups excluding carboxylic acids is 2. The van der Waals surface area contributed by atoms with E-state index in [0.29, 0.717) is 0 Å². The van der Waals surface area contributed by atoms with Crippen LogP contribution >= 0.6 is 48.8 Å². The normalized spacial score (nSPS) is 10.2. The highest BCUT2D eigenvalue weighted by atomic mass is 32.2. The Bertz CT molecular complexity index is 663. The molecule has 0 fully saturated rings. The Morgan fingerprint density at radius 2 is 1.12 bits per heavy atom. The van der Waals surface area contributed by atoms with Crippen molar-refractivity contribution < 1.29 is 9.59 Å². The van der Waals surface area contributed by atoms with Crippen LogP contribution in [0.15, 0.2) is 58.3 Å². The number of carbonyl (C=O) groups is 2. The molecule has 0 aliphatic rings. The summed E-state index contributed by atoms with van der Waals surface area (Å²) in [7, 11) is 0. The number of benzene rings is 2. The quantitative estimate of drug-likeness (QED) is 0.284. The van der Waals surface area contributed by atoms with E-state index in [1.54, 1.807) is 23.5 Å². The first kappa shape index (κ1) is 19.1. The van der Waals surface area contributed by atoms with Crippen LogP contribution in [0.1, 0.15) is 0 Å². The van der Waals surface area contributed by atoms with Crippen LogP contribution < -0.4 is 10.6 Å². The SMILES string of the molecule is O=C(S)Nc1ccccc1SCCSc1ccccc1NC(=O)S. The van der Waals surface area contributed by atoms with E-state index in [0.717, 1.165) is 32.7 Å². The lowest BCUT2D eigenvalue weighted by molar-refractivity contribution is 0.269. The van der Waals surface area contributed by atoms with Gasteiger partial charge in [0, 0.05) is 21.3 Å². The van der Waals surface area contributed by atoms with Crippen LogP contribution in [0.5, 0.6) is 0 Å². The molecule has 2 rings (SSSR count). The number of amides is 2. The third-order valence-corrected chi connectivity index (χ3v) is 5.49. The average Bonchev–Trinajstić information content (AvgIpc) is 2.53. The van der Waals surface area contributed by atoms with E-state index in [-0.39, 0.29) is 10.5 Å². The van der Waals surface area contributed by atoms with Gasteiger partial charge in [0.15, 0.2) is 0 Å². The fourth-order valence-electron chi connectivity index (χ4n) is 1.93. The second-order valence-electron chi connectivity index (χ2n) is 4.55. The van der Waals surface area contributed by atoms with Gasteiger partial charge in [-0.3, -0.25) is 9.59 Å². The molecule has 4 nitrogen and oxygen atoms in total. The molecule has 0 spiro atoms. The van der Waals surface area contributed by atoms with Crippen molar-refractivity contribution in [1.82, 2.24) is 0 Å². The predicted octanol–water partition coefficient (Wildman–Crippen LogP) is 5.49. The van der Waals surface area contributed by atoms with Crippen LogP contribution in [0.25, 0.3) is 0 Å². The van der Waals surface area contributed by atoms with Crippen LogP contribution in [0.4, 0.5) is 21.0 Å². The number of anilines is 2. The maximum Gasteiger partial charge on any atom is 0.280 e. The number of thioether (sulfide) groups is 2. The molecular formula is C16H16N2O2S4. The number of hydrogen-bond acceptors (Lipinski definition) is 4. The Labute approximate surface area is 160 Å². The number of nitrogens with one attached hydrogen (secondary N) is 2. The summed E-state index contributed by atoms with van der Waals surface area (Å²) in [4.78, 5) is 24.2. The summed E-state index contributed by atoms with van der Waals surface area (Å²) in [6.07, 6.45) is 0. The molecule has 0 radical (unpaired) electrons. The zero-order valence-electron chi connectivity index (χ0n) is 12.6. The third-order valence-electron chi connectivity index (χ3n) is 2.86. The summed E-state index contributed by atoms with van der Waals surface area (Å²) in [6, 6.07) is 15.2. The van der Waals surface area contributed by atoms with Gasteiger partial charge in [-0.05, 0) is 24.3 Å². The lowest BCUT2D eigenvalue weighted by Crippen LogP contribution is -2.03. The zero-order chi connectivity index (χ0) is 17.4. The van der Waals surface area contributed by atoms with E-state index < -0.39 is 0 Å². The van der Waals surface area contributed by atoms with Gasteiger partial charge in [0.25, 0.3) is 10.5 Å². The van der Waals surface area contributed by atoms with Crippen molar-refractivity contribution in [2.24, 2.45) is 0 Å². The summed E-state index contributed by atoms with van der Waals surface area (Å²) < 4.78 is 0. The van der Waals surface area contributed by atoms with Crippen LogP contribution in [-0.2, 0) is 0 Å². The number of thiol groups is 2. The second kappa shape index (κ2) is 9.93. The standard InChI is InChI=1S/C16H16N2O2S4/c19-15(21)17-11-5-1-3-7-13(11)23-9-10-24-14-8-4-2-6-12(14)18-16(20)22/h1-8H,9-10H2,(H2,17,19,21)(H2,18,20,22). The van der Waals surface area contributed by atoms with Gasteiger partial charge in [-0.2, -0.15) is 0 Å². The summed E-state index contributed by atoms with van der Waals surface area (Å²) in [5, 5.41) is 4.65. The average molecular weight is 397 g/mol. The van der Waals surface area contributed by atoms with Crippen LogP contribution in [-0.4, -0.2) is 22.0 Å². The number of para-hydroxylation sites is 2. The van der Waals surface area contributed by atoms with Gasteiger partial charge in [-0.1, -0.05) is 49.5 Å². The van der Waals surface area contributed by atoms with Gasteiger partial charge < -0.3 is 10.6 Å². The highest BCUT2D eigenvalue weighted by Gasteiger charge is 2.06. The summed E-state index contributed by atoms with van der Waals surface area (Å²) >= 11 is 10.8. The van der Waals surface area contributed by atoms with Crippen molar-refractivity contribution in [1.29, 1.82) is 0 Å². The molecule has 0 aliphatic carbocycles. The van der Waals surface area contributed by atoms with Crippen molar-refractivity contribution in [3.05, 3.63) is 48.5 Å². The third kappa shape index (κ3) is 6.35. The topological polar surface area (TPSA) is 58.2 Å². The molecule has 0 saturated heterocycles. The zero-order valence-corrected chi connectivity index (χ0v) is 16.0. The molecule has 0 unspecified atom stereocenters. The van der Waals surface area contributed by atoms with Crippen molar-refractivity contribution in [2.75, 3.05) is 22.1 Å². The van der Waals surface area contributed by atoms with Gasteiger partial charge in [0.05, 0.1) is 11.4 Å². The molecule has 0 heterocycles. The minimum Gasteiger partial charge on any atom is -0.316 e. The minimum absolute atomic E-state index is 0.381. The van der Waals surface area contributed by atoms with Crippen molar-refractivity contribution in [3.8, 4) is 0 Å². The molecular weight excluding hydrogens is 380 g/mol. The highest BCUT2D eigenvalue weighted by molar-refractivity contribution is 8.03. The molecule has 0 aromatic heterocycles. The van der Waals surface area contributed by atoms with E-state index >= 15 is 0 Å². The van der Waals surface area contributed by atoms with Gasteiger partial charge in [-0.25, -0.2) is 0 Å². The molecule has 2 N–H and O–H groups in total. The van der Waals surface area contributed by atoms with Crippen LogP contribution in [0, 0.1) is 0 Å². The van der Waals surface area contributed by atoms with Crippen molar-refractivity contribution in [2.45, 2.75) is 9.79 Å². The van der Waals surface area contributed by atoms with E-state index in [1.807, 2.05) is 48.5 Å². The first-order valence-electron chi connectivity index (χ1n) is 7.00. The molecule has 0 saturated carbocycles. The molecule has 126 valence electrons. The maximum atomic E-state index is 11.1. The van der Waals surface area contributed by atoms with E-state index in [4.69, 9.17) is 0 Å². The maximum absolute atomic E-state index is 11.1. The Balaban J connectivity index is 1.90. The molecule has 0 aliphatic heterocycles. The smallest absolute Gasteiger partial charge is 0.280 e. The molecule has 2 amide bonds. The Kier molecular flexibility index (Phi) is 7.90. The van der Waals surface area contributed by atoms with Gasteiger partial charge >= 0.3 is 0 Å². The van der Waals surface area contributed by atoms with Gasteiger partial charge in [0.1, 0.15) is 0 Å². The van der Waals surface area contributed by atoms with E-state index in [1.165, 1.54) is 0 Å². The van der Waals surface area contributed by atoms with E-state index in [9.17, 15) is 9.59 Å². The number of rotatable bonds is 7. The second-order valence-corrected chi connectivity index (χ2v) is 7.64. The first-order chi connectivity index (χ1) is 11.6. The minimum atomic E-state index is -0.381. The molecule has 0 atom stereocenters. The predicted molar refractivity (Wildman–Crippen MR) is 110 cm³/mol. The lowest BCUT2D eigenvalue weighted by Gasteiger charge is -2.10. The highest BCUT2D eigenvalue weighted by Crippen LogP contribution is 2.31. The summed E-state index contributed by atoms with van der Waals surface area (Å²) in [6.45, 7) is 0. The fraction of sp³-hybridized carbons (Fsp3) is 0.125.